The molecule has 0 N–H and O–H groups in total. The molecule has 0 aromatic carbocycles. The first-order valence-corrected chi connectivity index (χ1v) is 26.7. The van der Waals surface area contributed by atoms with E-state index in [1.807, 2.05) is 21.1 Å². The number of unbranched alkanes of at least 4 members (excludes halogenated alkanes) is 26. The topological polar surface area (TPSA) is 111 Å². The van der Waals surface area contributed by atoms with E-state index in [9.17, 15) is 19.0 Å². The molecule has 0 rings (SSSR count). The lowest BCUT2D eigenvalue weighted by atomic mass is 10.0. The minimum absolute atomic E-state index is 0.0336. The fraction of sp³-hybridized carbons (Fsp3) is 0.843. The van der Waals surface area contributed by atoms with E-state index >= 15 is 0 Å². The molecule has 0 amide bonds. The van der Waals surface area contributed by atoms with Crippen molar-refractivity contribution in [3.05, 3.63) is 36.5 Å². The lowest BCUT2D eigenvalue weighted by molar-refractivity contribution is -0.870. The molecule has 0 fully saturated rings. The normalized spacial score (nSPS) is 13.7. The Morgan fingerprint density at radius 3 is 1.34 bits per heavy atom. The Hall–Kier alpha value is -1.77. The number of allylic oxidation sites excluding steroid dienone is 6. The molecule has 0 aromatic rings. The summed E-state index contributed by atoms with van der Waals surface area (Å²) >= 11 is 0. The summed E-state index contributed by atoms with van der Waals surface area (Å²) in [5.74, 6) is -0.851. The average Bonchev–Trinajstić information content (AvgIpc) is 3.21. The lowest BCUT2D eigenvalue weighted by Crippen LogP contribution is -2.37. The Bertz CT molecular complexity index is 1130. The molecule has 9 nitrogen and oxygen atoms in total. The molecule has 0 saturated carbocycles. The van der Waals surface area contributed by atoms with Crippen molar-refractivity contribution in [3.8, 4) is 0 Å². The van der Waals surface area contributed by atoms with Crippen LogP contribution in [-0.4, -0.2) is 70.0 Å². The lowest BCUT2D eigenvalue weighted by Gasteiger charge is -2.28. The van der Waals surface area contributed by atoms with E-state index in [0.717, 1.165) is 51.4 Å². The smallest absolute Gasteiger partial charge is 0.306 e. The second-order valence-corrected chi connectivity index (χ2v) is 19.6. The van der Waals surface area contributed by atoms with Crippen molar-refractivity contribution in [1.29, 1.82) is 0 Å². The molecule has 0 saturated heterocycles. The van der Waals surface area contributed by atoms with Gasteiger partial charge in [0.25, 0.3) is 7.82 Å². The van der Waals surface area contributed by atoms with Crippen molar-refractivity contribution < 1.29 is 42.1 Å². The standard InChI is InChI=1S/C51H96NO8P/c1-6-8-10-12-14-16-18-20-22-24-25-26-28-30-32-34-36-38-40-42-44-51(54)60-49(48-59-61(55,56)58-46-45-52(3,4)5)47-57-50(53)43-41-39-37-35-33-31-29-27-23-21-19-17-15-13-11-9-7-2/h15,17,21,23,29,31,49H,6-14,16,18-20,22,24-28,30,32-48H2,1-5H3/b17-15+,23-21+,31-29+/t49-/m1/s1. The van der Waals surface area contributed by atoms with E-state index in [2.05, 4.69) is 50.3 Å². The number of hydrogen-bond acceptors (Lipinski definition) is 8. The number of carbonyl (C=O) groups excluding carboxylic acids is 2. The van der Waals surface area contributed by atoms with Crippen LogP contribution in [0.3, 0.4) is 0 Å². The third kappa shape index (κ3) is 47.5. The molecule has 10 heteroatoms. The number of nitrogens with zero attached hydrogens (tertiary/aromatic N) is 1. The van der Waals surface area contributed by atoms with Gasteiger partial charge in [-0.1, -0.05) is 198 Å². The van der Waals surface area contributed by atoms with Gasteiger partial charge in [-0.3, -0.25) is 14.2 Å². The number of quaternary nitrogens is 1. The largest absolute Gasteiger partial charge is 0.756 e. The Labute approximate surface area is 376 Å². The SMILES string of the molecule is CCCCC/C=C/C/C=C/C/C=C/CCCCCCC(=O)OC[C@H](COP(=O)([O-])OCC[N+](C)(C)C)OC(=O)CCCCCCCCCCCCCCCCCCCCCC. The zero-order valence-electron chi connectivity index (χ0n) is 40.4. The van der Waals surface area contributed by atoms with Gasteiger partial charge in [0.15, 0.2) is 6.10 Å². The van der Waals surface area contributed by atoms with Crippen molar-refractivity contribution >= 4 is 19.8 Å². The van der Waals surface area contributed by atoms with Gasteiger partial charge in [0.1, 0.15) is 19.8 Å². The molecule has 61 heavy (non-hydrogen) atoms. The minimum Gasteiger partial charge on any atom is -0.756 e. The molecular weight excluding hydrogens is 786 g/mol. The first-order chi connectivity index (χ1) is 29.5. The van der Waals surface area contributed by atoms with Gasteiger partial charge >= 0.3 is 11.9 Å². The van der Waals surface area contributed by atoms with Crippen LogP contribution in [0.1, 0.15) is 226 Å². The molecule has 0 aliphatic carbocycles. The fourth-order valence-corrected chi connectivity index (χ4v) is 7.69. The van der Waals surface area contributed by atoms with Gasteiger partial charge in [0.2, 0.25) is 0 Å². The van der Waals surface area contributed by atoms with Crippen LogP contribution in [0.5, 0.6) is 0 Å². The molecule has 0 heterocycles. The maximum absolute atomic E-state index is 12.7. The second kappa shape index (κ2) is 43.5. The highest BCUT2D eigenvalue weighted by atomic mass is 31.2. The fourth-order valence-electron chi connectivity index (χ4n) is 6.96. The Balaban J connectivity index is 4.28. The molecule has 358 valence electrons. The predicted octanol–water partition coefficient (Wildman–Crippen LogP) is 14.2. The summed E-state index contributed by atoms with van der Waals surface area (Å²) in [6.45, 7) is 4.21. The molecule has 2 atom stereocenters. The van der Waals surface area contributed by atoms with Crippen LogP contribution in [0.4, 0.5) is 0 Å². The van der Waals surface area contributed by atoms with Crippen LogP contribution in [0.2, 0.25) is 0 Å². The highest BCUT2D eigenvalue weighted by molar-refractivity contribution is 7.45. The molecule has 0 bridgehead atoms. The predicted molar refractivity (Wildman–Crippen MR) is 254 cm³/mol. The number of carbonyl (C=O) groups is 2. The van der Waals surface area contributed by atoms with E-state index in [1.165, 1.54) is 135 Å². The second-order valence-electron chi connectivity index (χ2n) is 18.2. The van der Waals surface area contributed by atoms with Crippen LogP contribution in [0.25, 0.3) is 0 Å². The van der Waals surface area contributed by atoms with E-state index < -0.39 is 32.5 Å². The summed E-state index contributed by atoms with van der Waals surface area (Å²) in [5, 5.41) is 0. The van der Waals surface area contributed by atoms with Crippen molar-refractivity contribution in [1.82, 2.24) is 0 Å². The third-order valence-corrected chi connectivity index (χ3v) is 11.9. The Kier molecular flexibility index (Phi) is 42.2. The molecule has 0 aromatic heterocycles. The molecule has 0 radical (unpaired) electrons. The van der Waals surface area contributed by atoms with Crippen LogP contribution >= 0.6 is 7.82 Å². The number of ether oxygens (including phenoxy) is 2. The van der Waals surface area contributed by atoms with Gasteiger partial charge in [-0.05, 0) is 51.4 Å². The van der Waals surface area contributed by atoms with E-state index in [-0.39, 0.29) is 26.1 Å². The number of hydrogen-bond donors (Lipinski definition) is 0. The highest BCUT2D eigenvalue weighted by Crippen LogP contribution is 2.38. The molecular formula is C51H96NO8P. The number of likely N-dealkylation sites (N-methyl/N-ethyl adjacent to an activating group) is 1. The van der Waals surface area contributed by atoms with Crippen molar-refractivity contribution in [2.75, 3.05) is 47.5 Å². The maximum Gasteiger partial charge on any atom is 0.306 e. The number of rotatable bonds is 46. The molecule has 1 unspecified atom stereocenters. The average molecular weight is 882 g/mol. The molecule has 0 aliphatic rings. The third-order valence-electron chi connectivity index (χ3n) is 10.9. The quantitative estimate of drug-likeness (QED) is 0.0195. The highest BCUT2D eigenvalue weighted by Gasteiger charge is 2.21. The van der Waals surface area contributed by atoms with Gasteiger partial charge in [0.05, 0.1) is 27.7 Å². The van der Waals surface area contributed by atoms with Crippen LogP contribution in [0, 0.1) is 0 Å². The minimum atomic E-state index is -4.63. The summed E-state index contributed by atoms with van der Waals surface area (Å²) < 4.78 is 34.0. The van der Waals surface area contributed by atoms with Gasteiger partial charge in [-0.2, -0.15) is 0 Å². The van der Waals surface area contributed by atoms with Crippen molar-refractivity contribution in [3.63, 3.8) is 0 Å². The number of phosphoric ester groups is 1. The molecule has 0 aliphatic heterocycles. The maximum atomic E-state index is 12.7. The summed E-state index contributed by atoms with van der Waals surface area (Å²) in [7, 11) is 1.16. The van der Waals surface area contributed by atoms with Crippen LogP contribution < -0.4 is 4.89 Å². The van der Waals surface area contributed by atoms with Crippen molar-refractivity contribution in [2.45, 2.75) is 232 Å². The Morgan fingerprint density at radius 1 is 0.508 bits per heavy atom. The summed E-state index contributed by atoms with van der Waals surface area (Å²) in [6, 6.07) is 0. The van der Waals surface area contributed by atoms with Gasteiger partial charge < -0.3 is 27.9 Å². The summed E-state index contributed by atoms with van der Waals surface area (Å²) in [5.41, 5.74) is 0. The summed E-state index contributed by atoms with van der Waals surface area (Å²) in [4.78, 5) is 37.7. The first kappa shape index (κ1) is 59.2. The van der Waals surface area contributed by atoms with Gasteiger partial charge in [-0.15, -0.1) is 0 Å². The van der Waals surface area contributed by atoms with E-state index in [0.29, 0.717) is 23.9 Å². The van der Waals surface area contributed by atoms with Gasteiger partial charge in [-0.25, -0.2) is 0 Å². The van der Waals surface area contributed by atoms with Gasteiger partial charge in [0, 0.05) is 12.8 Å². The summed E-state index contributed by atoms with van der Waals surface area (Å²) in [6.07, 6.45) is 50.3. The zero-order valence-corrected chi connectivity index (χ0v) is 41.3. The number of phosphoric acid groups is 1. The zero-order chi connectivity index (χ0) is 45.0. The Morgan fingerprint density at radius 2 is 0.885 bits per heavy atom. The monoisotopic (exact) mass is 882 g/mol. The first-order valence-electron chi connectivity index (χ1n) is 25.2. The van der Waals surface area contributed by atoms with Crippen molar-refractivity contribution in [2.24, 2.45) is 0 Å². The van der Waals surface area contributed by atoms with E-state index in [4.69, 9.17) is 18.5 Å². The van der Waals surface area contributed by atoms with Crippen LogP contribution in [0.15, 0.2) is 36.5 Å². The van der Waals surface area contributed by atoms with E-state index in [1.54, 1.807) is 0 Å². The molecule has 0 spiro atoms. The van der Waals surface area contributed by atoms with Crippen LogP contribution in [-0.2, 0) is 32.7 Å². The number of esters is 2.